The number of nitrogens with zero attached hydrogens (tertiary/aromatic N) is 1. The molecule has 1 aromatic rings. The Hall–Kier alpha value is -2.31. The summed E-state index contributed by atoms with van der Waals surface area (Å²) in [6.45, 7) is 2.05. The second-order valence-corrected chi connectivity index (χ2v) is 3.47. The van der Waals surface area contributed by atoms with E-state index in [1.807, 2.05) is 0 Å². The van der Waals surface area contributed by atoms with Gasteiger partial charge in [-0.2, -0.15) is 0 Å². The second kappa shape index (κ2) is 3.37. The number of hydrogen-bond acceptors (Lipinski definition) is 5. The van der Waals surface area contributed by atoms with Crippen LogP contribution in [0, 0.1) is 17.0 Å². The Kier molecular flexibility index (Phi) is 2.15. The Morgan fingerprint density at radius 2 is 2.12 bits per heavy atom. The van der Waals surface area contributed by atoms with Crippen LogP contribution in [0.5, 0.6) is 0 Å². The first kappa shape index (κ1) is 10.2. The molecule has 2 rings (SSSR count). The predicted octanol–water partition coefficient (Wildman–Crippen LogP) is 0.797. The van der Waals surface area contributed by atoms with Gasteiger partial charge in [0.1, 0.15) is 0 Å². The van der Waals surface area contributed by atoms with Gasteiger partial charge in [0.05, 0.1) is 34.1 Å². The molecule has 0 atom stereocenters. The van der Waals surface area contributed by atoms with E-state index in [9.17, 15) is 14.9 Å². The van der Waals surface area contributed by atoms with E-state index in [2.05, 4.69) is 10.6 Å². The van der Waals surface area contributed by atoms with Crippen molar-refractivity contribution in [3.8, 4) is 0 Å². The number of hydrogen-bond donors (Lipinski definition) is 3. The Bertz CT molecular complexity index is 498. The second-order valence-electron chi connectivity index (χ2n) is 3.47. The summed E-state index contributed by atoms with van der Waals surface area (Å²) in [4.78, 5) is 21.5. The van der Waals surface area contributed by atoms with Crippen LogP contribution in [0.1, 0.15) is 15.9 Å². The van der Waals surface area contributed by atoms with E-state index in [-0.39, 0.29) is 11.3 Å². The van der Waals surface area contributed by atoms with Gasteiger partial charge in [-0.15, -0.1) is 0 Å². The molecule has 7 nitrogen and oxygen atoms in total. The third-order valence-electron chi connectivity index (χ3n) is 2.55. The number of nitro benzene ring substituents is 1. The zero-order valence-electron chi connectivity index (χ0n) is 8.53. The monoisotopic (exact) mass is 222 g/mol. The zero-order chi connectivity index (χ0) is 11.9. The van der Waals surface area contributed by atoms with Crippen molar-refractivity contribution in [1.82, 2.24) is 0 Å². The van der Waals surface area contributed by atoms with Crippen LogP contribution in [0.3, 0.4) is 0 Å². The van der Waals surface area contributed by atoms with Crippen LogP contribution >= 0.6 is 0 Å². The summed E-state index contributed by atoms with van der Waals surface area (Å²) in [5, 5.41) is 16.7. The molecule has 0 bridgehead atoms. The Morgan fingerprint density at radius 1 is 1.50 bits per heavy atom. The largest absolute Gasteiger partial charge is 0.366 e. The van der Waals surface area contributed by atoms with E-state index in [1.165, 1.54) is 6.07 Å². The van der Waals surface area contributed by atoms with E-state index in [0.717, 1.165) is 0 Å². The first-order chi connectivity index (χ1) is 7.52. The molecule has 0 spiro atoms. The molecule has 1 aliphatic rings. The third-order valence-corrected chi connectivity index (χ3v) is 2.55. The standard InChI is InChI=1S/C9H10N4O3/c1-4-6(13(15)16)2-5(9(10)14)8-7(4)11-3-12-8/h2,11-12H,3H2,1H3,(H2,10,14). The van der Waals surface area contributed by atoms with Crippen molar-refractivity contribution in [3.05, 3.63) is 27.3 Å². The van der Waals surface area contributed by atoms with Crippen LogP contribution in [0.2, 0.25) is 0 Å². The molecule has 4 N–H and O–H groups in total. The van der Waals surface area contributed by atoms with Crippen molar-refractivity contribution in [1.29, 1.82) is 0 Å². The molecule has 0 radical (unpaired) electrons. The van der Waals surface area contributed by atoms with Crippen molar-refractivity contribution in [2.24, 2.45) is 5.73 Å². The van der Waals surface area contributed by atoms with Gasteiger partial charge in [0.2, 0.25) is 0 Å². The zero-order valence-corrected chi connectivity index (χ0v) is 8.53. The van der Waals surface area contributed by atoms with Gasteiger partial charge < -0.3 is 16.4 Å². The van der Waals surface area contributed by atoms with Gasteiger partial charge in [-0.25, -0.2) is 0 Å². The van der Waals surface area contributed by atoms with Gasteiger partial charge in [0.15, 0.2) is 0 Å². The highest BCUT2D eigenvalue weighted by Gasteiger charge is 2.26. The number of carbonyl (C=O) groups is 1. The molecule has 7 heteroatoms. The molecule has 0 fully saturated rings. The highest BCUT2D eigenvalue weighted by molar-refractivity contribution is 6.04. The number of nitrogens with one attached hydrogen (secondary N) is 2. The van der Waals surface area contributed by atoms with Gasteiger partial charge in [-0.3, -0.25) is 14.9 Å². The van der Waals surface area contributed by atoms with Gasteiger partial charge in [0.25, 0.3) is 11.6 Å². The lowest BCUT2D eigenvalue weighted by Crippen LogP contribution is -2.13. The van der Waals surface area contributed by atoms with Gasteiger partial charge in [-0.1, -0.05) is 0 Å². The summed E-state index contributed by atoms with van der Waals surface area (Å²) in [7, 11) is 0. The van der Waals surface area contributed by atoms with Crippen LogP contribution < -0.4 is 16.4 Å². The van der Waals surface area contributed by atoms with E-state index < -0.39 is 10.8 Å². The molecule has 16 heavy (non-hydrogen) atoms. The number of primary amides is 1. The molecule has 1 aromatic carbocycles. The summed E-state index contributed by atoms with van der Waals surface area (Å²) in [6, 6.07) is 1.20. The minimum absolute atomic E-state index is 0.108. The summed E-state index contributed by atoms with van der Waals surface area (Å²) in [5.41, 5.74) is 6.81. The minimum atomic E-state index is -0.685. The third kappa shape index (κ3) is 1.33. The lowest BCUT2D eigenvalue weighted by molar-refractivity contribution is -0.385. The molecule has 0 unspecified atom stereocenters. The maximum Gasteiger partial charge on any atom is 0.275 e. The SMILES string of the molecule is Cc1c([N+](=O)[O-])cc(C(N)=O)c2c1NCN2. The van der Waals surface area contributed by atoms with Crippen LogP contribution in [0.25, 0.3) is 0 Å². The van der Waals surface area contributed by atoms with Crippen LogP contribution in [0.15, 0.2) is 6.07 Å². The molecule has 0 aliphatic carbocycles. The summed E-state index contributed by atoms with van der Waals surface area (Å²) in [6.07, 6.45) is 0. The molecule has 84 valence electrons. The average Bonchev–Trinajstić information content (AvgIpc) is 2.66. The molecule has 0 saturated heterocycles. The number of amides is 1. The highest BCUT2D eigenvalue weighted by atomic mass is 16.6. The molecule has 1 heterocycles. The Balaban J connectivity index is 2.73. The number of nitro groups is 1. The summed E-state index contributed by atoms with van der Waals surface area (Å²) >= 11 is 0. The fraction of sp³-hybridized carbons (Fsp3) is 0.222. The fourth-order valence-corrected chi connectivity index (χ4v) is 1.78. The molecule has 0 saturated carbocycles. The van der Waals surface area contributed by atoms with Crippen molar-refractivity contribution < 1.29 is 9.72 Å². The van der Waals surface area contributed by atoms with Crippen molar-refractivity contribution in [2.75, 3.05) is 17.3 Å². The molecular weight excluding hydrogens is 212 g/mol. The van der Waals surface area contributed by atoms with Crippen molar-refractivity contribution in [2.45, 2.75) is 6.92 Å². The van der Waals surface area contributed by atoms with E-state index in [4.69, 9.17) is 5.73 Å². The smallest absolute Gasteiger partial charge is 0.275 e. The topological polar surface area (TPSA) is 110 Å². The molecule has 1 aliphatic heterocycles. The van der Waals surface area contributed by atoms with E-state index in [0.29, 0.717) is 23.6 Å². The number of carbonyl (C=O) groups excluding carboxylic acids is 1. The van der Waals surface area contributed by atoms with Crippen LogP contribution in [0.4, 0.5) is 17.1 Å². The fourth-order valence-electron chi connectivity index (χ4n) is 1.78. The predicted molar refractivity (Wildman–Crippen MR) is 58.5 cm³/mol. The van der Waals surface area contributed by atoms with Gasteiger partial charge in [0, 0.05) is 6.07 Å². The Labute approximate surface area is 90.8 Å². The molecule has 1 amide bonds. The van der Waals surface area contributed by atoms with E-state index in [1.54, 1.807) is 6.92 Å². The first-order valence-electron chi connectivity index (χ1n) is 4.62. The number of anilines is 2. The number of nitrogens with two attached hydrogens (primary N) is 1. The lowest BCUT2D eigenvalue weighted by Gasteiger charge is -2.08. The maximum absolute atomic E-state index is 11.2. The van der Waals surface area contributed by atoms with E-state index >= 15 is 0 Å². The lowest BCUT2D eigenvalue weighted by atomic mass is 10.0. The molecular formula is C9H10N4O3. The summed E-state index contributed by atoms with van der Waals surface area (Å²) in [5.74, 6) is -0.685. The minimum Gasteiger partial charge on any atom is -0.366 e. The van der Waals surface area contributed by atoms with Gasteiger partial charge in [-0.05, 0) is 6.92 Å². The molecule has 0 aromatic heterocycles. The maximum atomic E-state index is 11.2. The van der Waals surface area contributed by atoms with Crippen LogP contribution in [-0.4, -0.2) is 17.5 Å². The number of rotatable bonds is 2. The van der Waals surface area contributed by atoms with Gasteiger partial charge >= 0.3 is 0 Å². The highest BCUT2D eigenvalue weighted by Crippen LogP contribution is 2.38. The number of benzene rings is 1. The normalized spacial score (nSPS) is 12.6. The average molecular weight is 222 g/mol. The summed E-state index contributed by atoms with van der Waals surface area (Å²) < 4.78 is 0. The van der Waals surface area contributed by atoms with Crippen molar-refractivity contribution in [3.63, 3.8) is 0 Å². The Morgan fingerprint density at radius 3 is 2.69 bits per heavy atom. The first-order valence-corrected chi connectivity index (χ1v) is 4.62. The quantitative estimate of drug-likeness (QED) is 0.506. The van der Waals surface area contributed by atoms with Crippen LogP contribution in [-0.2, 0) is 0 Å². The van der Waals surface area contributed by atoms with Crippen molar-refractivity contribution >= 4 is 23.0 Å². The number of fused-ring (bicyclic) bond motifs is 1.